The molecule has 0 spiro atoms. The van der Waals surface area contributed by atoms with E-state index in [1.54, 1.807) is 29.2 Å². The third-order valence-corrected chi connectivity index (χ3v) is 3.75. The molecule has 5 nitrogen and oxygen atoms in total. The highest BCUT2D eigenvalue weighted by molar-refractivity contribution is 6.30. The van der Waals surface area contributed by atoms with Crippen LogP contribution in [0.15, 0.2) is 55.1 Å². The number of halogens is 2. The average Bonchev–Trinajstić information content (AvgIpc) is 3.09. The molecule has 2 aromatic carbocycles. The minimum absolute atomic E-state index is 0.0409. The van der Waals surface area contributed by atoms with Gasteiger partial charge in [-0.05, 0) is 35.4 Å². The smallest absolute Gasteiger partial charge is 0.251 e. The number of hydrogen-bond acceptors (Lipinski definition) is 3. The molecule has 1 heterocycles. The Balaban J connectivity index is 1.59. The van der Waals surface area contributed by atoms with Crippen LogP contribution in [0.2, 0.25) is 5.02 Å². The summed E-state index contributed by atoms with van der Waals surface area (Å²) in [6.45, 7) is 0.871. The van der Waals surface area contributed by atoms with E-state index in [0.29, 0.717) is 12.1 Å². The molecule has 3 aromatic rings. The van der Waals surface area contributed by atoms with Crippen LogP contribution >= 0.6 is 11.6 Å². The second-order valence-corrected chi connectivity index (χ2v) is 5.63. The van der Waals surface area contributed by atoms with Crippen LogP contribution in [0.25, 0.3) is 0 Å². The van der Waals surface area contributed by atoms with E-state index in [0.717, 1.165) is 11.1 Å². The molecule has 0 aliphatic heterocycles. The zero-order chi connectivity index (χ0) is 16.9. The first kappa shape index (κ1) is 16.1. The molecular formula is C17H14ClFN4O. The van der Waals surface area contributed by atoms with Gasteiger partial charge in [-0.25, -0.2) is 14.1 Å². The molecule has 0 aliphatic carbocycles. The van der Waals surface area contributed by atoms with Gasteiger partial charge in [-0.2, -0.15) is 5.10 Å². The lowest BCUT2D eigenvalue weighted by atomic mass is 10.1. The summed E-state index contributed by atoms with van der Waals surface area (Å²) >= 11 is 5.72. The molecule has 122 valence electrons. The fraction of sp³-hybridized carbons (Fsp3) is 0.118. The summed E-state index contributed by atoms with van der Waals surface area (Å²) in [5, 5.41) is 6.85. The van der Waals surface area contributed by atoms with E-state index < -0.39 is 5.82 Å². The molecule has 0 fully saturated rings. The zero-order valence-corrected chi connectivity index (χ0v) is 13.4. The Bertz CT molecular complexity index is 834. The highest BCUT2D eigenvalue weighted by Gasteiger charge is 2.07. The summed E-state index contributed by atoms with van der Waals surface area (Å²) in [4.78, 5) is 16.0. The Hall–Kier alpha value is -2.73. The third kappa shape index (κ3) is 3.97. The monoisotopic (exact) mass is 344 g/mol. The molecule has 1 N–H and O–H groups in total. The average molecular weight is 345 g/mol. The van der Waals surface area contributed by atoms with Crippen LogP contribution in [0.1, 0.15) is 21.5 Å². The lowest BCUT2D eigenvalue weighted by Crippen LogP contribution is -2.22. The predicted octanol–water partition coefficient (Wildman–Crippen LogP) is 3.05. The molecule has 0 atom stereocenters. The number of amides is 1. The van der Waals surface area contributed by atoms with E-state index in [-0.39, 0.29) is 17.5 Å². The van der Waals surface area contributed by atoms with Crippen LogP contribution in [-0.2, 0) is 13.1 Å². The second kappa shape index (κ2) is 7.23. The van der Waals surface area contributed by atoms with E-state index in [9.17, 15) is 9.18 Å². The van der Waals surface area contributed by atoms with Gasteiger partial charge in [0.15, 0.2) is 0 Å². The highest BCUT2D eigenvalue weighted by Crippen LogP contribution is 2.16. The first-order chi connectivity index (χ1) is 11.6. The van der Waals surface area contributed by atoms with Gasteiger partial charge < -0.3 is 5.32 Å². The van der Waals surface area contributed by atoms with E-state index in [1.807, 2.05) is 12.1 Å². The van der Waals surface area contributed by atoms with E-state index in [1.165, 1.54) is 18.5 Å². The number of hydrogen-bond donors (Lipinski definition) is 1. The van der Waals surface area contributed by atoms with Crippen LogP contribution < -0.4 is 5.32 Å². The summed E-state index contributed by atoms with van der Waals surface area (Å²) in [5.41, 5.74) is 2.30. The molecule has 3 rings (SSSR count). The van der Waals surface area contributed by atoms with Crippen molar-refractivity contribution < 1.29 is 9.18 Å². The standard InChI is InChI=1S/C17H14ClFN4O/c18-15-7-13(3-6-16(15)19)8-21-17(24)14-4-1-12(2-5-14)9-23-11-20-10-22-23/h1-7,10-11H,8-9H2,(H,21,24). The lowest BCUT2D eigenvalue weighted by Gasteiger charge is -2.07. The van der Waals surface area contributed by atoms with Crippen LogP contribution in [0.3, 0.4) is 0 Å². The Morgan fingerprint density at radius 2 is 1.92 bits per heavy atom. The fourth-order valence-corrected chi connectivity index (χ4v) is 2.40. The number of nitrogens with one attached hydrogen (secondary N) is 1. The highest BCUT2D eigenvalue weighted by atomic mass is 35.5. The van der Waals surface area contributed by atoms with Crippen molar-refractivity contribution in [2.45, 2.75) is 13.1 Å². The van der Waals surface area contributed by atoms with Crippen LogP contribution in [0, 0.1) is 5.82 Å². The Morgan fingerprint density at radius 3 is 2.58 bits per heavy atom. The lowest BCUT2D eigenvalue weighted by molar-refractivity contribution is 0.0951. The number of carbonyl (C=O) groups is 1. The minimum Gasteiger partial charge on any atom is -0.348 e. The Labute approximate surface area is 143 Å². The number of benzene rings is 2. The van der Waals surface area contributed by atoms with Gasteiger partial charge in [-0.1, -0.05) is 29.8 Å². The molecule has 0 saturated carbocycles. The van der Waals surface area contributed by atoms with Crippen molar-refractivity contribution in [2.24, 2.45) is 0 Å². The van der Waals surface area contributed by atoms with Gasteiger partial charge in [0.05, 0.1) is 11.6 Å². The number of nitrogens with zero attached hydrogens (tertiary/aromatic N) is 3. The van der Waals surface area contributed by atoms with Crippen LogP contribution in [0.5, 0.6) is 0 Å². The summed E-state index contributed by atoms with van der Waals surface area (Å²) in [5.74, 6) is -0.683. The van der Waals surface area contributed by atoms with Crippen molar-refractivity contribution in [3.05, 3.63) is 82.6 Å². The van der Waals surface area contributed by atoms with Crippen molar-refractivity contribution in [3.63, 3.8) is 0 Å². The van der Waals surface area contributed by atoms with Crippen molar-refractivity contribution in [1.82, 2.24) is 20.1 Å². The number of carbonyl (C=O) groups excluding carboxylic acids is 1. The van der Waals surface area contributed by atoms with Crippen molar-refractivity contribution in [2.75, 3.05) is 0 Å². The van der Waals surface area contributed by atoms with Gasteiger partial charge in [-0.3, -0.25) is 4.79 Å². The first-order valence-corrected chi connectivity index (χ1v) is 7.63. The summed E-state index contributed by atoms with van der Waals surface area (Å²) in [6.07, 6.45) is 3.11. The van der Waals surface area contributed by atoms with E-state index in [2.05, 4.69) is 15.4 Å². The molecule has 0 bridgehead atoms. The van der Waals surface area contributed by atoms with Crippen LogP contribution in [0.4, 0.5) is 4.39 Å². The maximum absolute atomic E-state index is 13.1. The normalized spacial score (nSPS) is 10.6. The third-order valence-electron chi connectivity index (χ3n) is 3.46. The van der Waals surface area contributed by atoms with Gasteiger partial charge in [0.2, 0.25) is 0 Å². The molecule has 0 radical (unpaired) electrons. The molecule has 1 aromatic heterocycles. The molecule has 24 heavy (non-hydrogen) atoms. The zero-order valence-electron chi connectivity index (χ0n) is 12.6. The van der Waals surface area contributed by atoms with Crippen molar-refractivity contribution in [1.29, 1.82) is 0 Å². The summed E-state index contributed by atoms with van der Waals surface area (Å²) in [7, 11) is 0. The van der Waals surface area contributed by atoms with Crippen molar-refractivity contribution >= 4 is 17.5 Å². The SMILES string of the molecule is O=C(NCc1ccc(F)c(Cl)c1)c1ccc(Cn2cncn2)cc1. The molecule has 0 unspecified atom stereocenters. The number of rotatable bonds is 5. The van der Waals surface area contributed by atoms with Gasteiger partial charge in [0, 0.05) is 12.1 Å². The predicted molar refractivity (Wildman–Crippen MR) is 88.1 cm³/mol. The Kier molecular flexibility index (Phi) is 4.86. The van der Waals surface area contributed by atoms with Gasteiger partial charge >= 0.3 is 0 Å². The van der Waals surface area contributed by atoms with Gasteiger partial charge in [0.25, 0.3) is 5.91 Å². The van der Waals surface area contributed by atoms with Crippen molar-refractivity contribution in [3.8, 4) is 0 Å². The summed E-state index contributed by atoms with van der Waals surface area (Å²) in [6, 6.07) is 11.6. The maximum atomic E-state index is 13.1. The second-order valence-electron chi connectivity index (χ2n) is 5.22. The van der Waals surface area contributed by atoms with Crippen LogP contribution in [-0.4, -0.2) is 20.7 Å². The van der Waals surface area contributed by atoms with Gasteiger partial charge in [0.1, 0.15) is 18.5 Å². The Morgan fingerprint density at radius 1 is 1.17 bits per heavy atom. The molecule has 0 aliphatic rings. The topological polar surface area (TPSA) is 59.8 Å². The summed E-state index contributed by atoms with van der Waals surface area (Å²) < 4.78 is 14.8. The minimum atomic E-state index is -0.477. The van der Waals surface area contributed by atoms with E-state index >= 15 is 0 Å². The van der Waals surface area contributed by atoms with Gasteiger partial charge in [-0.15, -0.1) is 0 Å². The quantitative estimate of drug-likeness (QED) is 0.774. The molecule has 1 amide bonds. The maximum Gasteiger partial charge on any atom is 0.251 e. The van der Waals surface area contributed by atoms with E-state index in [4.69, 9.17) is 11.6 Å². The largest absolute Gasteiger partial charge is 0.348 e. The number of aromatic nitrogens is 3. The first-order valence-electron chi connectivity index (χ1n) is 7.25. The molecule has 0 saturated heterocycles. The fourth-order valence-electron chi connectivity index (χ4n) is 2.20. The molecule has 7 heteroatoms. The molecular weight excluding hydrogens is 331 g/mol.